The van der Waals surface area contributed by atoms with Crippen LogP contribution in [-0.2, 0) is 14.8 Å². The lowest BCUT2D eigenvalue weighted by molar-refractivity contribution is -0.118. The Balaban J connectivity index is 1.77. The van der Waals surface area contributed by atoms with Gasteiger partial charge in [0.1, 0.15) is 11.8 Å². The molecule has 1 aliphatic heterocycles. The van der Waals surface area contributed by atoms with Crippen molar-refractivity contribution >= 4 is 21.6 Å². The number of methoxy groups -OCH3 is 1. The van der Waals surface area contributed by atoms with Gasteiger partial charge in [0.05, 0.1) is 12.0 Å². The van der Waals surface area contributed by atoms with Crippen molar-refractivity contribution in [1.82, 2.24) is 4.72 Å². The molecule has 0 spiro atoms. The molecule has 0 saturated carbocycles. The smallest absolute Gasteiger partial charge is 0.245 e. The molecule has 1 heterocycles. The van der Waals surface area contributed by atoms with Crippen molar-refractivity contribution in [2.75, 3.05) is 18.6 Å². The van der Waals surface area contributed by atoms with Gasteiger partial charge in [-0.05, 0) is 37.6 Å². The van der Waals surface area contributed by atoms with Crippen LogP contribution < -0.4 is 14.4 Å². The maximum atomic E-state index is 12.6. The van der Waals surface area contributed by atoms with E-state index in [1.54, 1.807) is 17.0 Å². The highest BCUT2D eigenvalue weighted by atomic mass is 32.2. The van der Waals surface area contributed by atoms with Gasteiger partial charge in [0, 0.05) is 18.3 Å². The molecule has 7 heteroatoms. The van der Waals surface area contributed by atoms with Gasteiger partial charge in [0.25, 0.3) is 0 Å². The Morgan fingerprint density at radius 3 is 2.56 bits per heavy atom. The molecule has 0 bridgehead atoms. The molecule has 1 amide bonds. The van der Waals surface area contributed by atoms with Crippen LogP contribution in [-0.4, -0.2) is 34.0 Å². The second-order valence-electron chi connectivity index (χ2n) is 5.97. The van der Waals surface area contributed by atoms with Crippen molar-refractivity contribution in [3.05, 3.63) is 54.1 Å². The zero-order valence-electron chi connectivity index (χ0n) is 14.1. The monoisotopic (exact) mass is 360 g/mol. The van der Waals surface area contributed by atoms with Crippen LogP contribution in [0.5, 0.6) is 5.75 Å². The number of amides is 1. The lowest BCUT2D eigenvalue weighted by Crippen LogP contribution is -2.41. The Kier molecular flexibility index (Phi) is 4.78. The van der Waals surface area contributed by atoms with Gasteiger partial charge in [-0.1, -0.05) is 23.8 Å². The van der Waals surface area contributed by atoms with Gasteiger partial charge in [-0.3, -0.25) is 4.79 Å². The van der Waals surface area contributed by atoms with Gasteiger partial charge in [0.15, 0.2) is 0 Å². The van der Waals surface area contributed by atoms with E-state index in [1.807, 2.05) is 31.2 Å². The average molecular weight is 360 g/mol. The van der Waals surface area contributed by atoms with Crippen LogP contribution in [0.1, 0.15) is 12.0 Å². The van der Waals surface area contributed by atoms with Gasteiger partial charge < -0.3 is 9.64 Å². The minimum Gasteiger partial charge on any atom is -0.497 e. The second-order valence-corrected chi connectivity index (χ2v) is 7.68. The first kappa shape index (κ1) is 17.4. The largest absolute Gasteiger partial charge is 0.497 e. The SMILES string of the molecule is COc1cccc(S(=O)(=O)NC2CCN(c3ccc(C)cc3)C2=O)c1. The molecular formula is C18H20N2O4S. The number of aryl methyl sites for hydroxylation is 1. The normalized spacial score (nSPS) is 17.8. The second kappa shape index (κ2) is 6.85. The summed E-state index contributed by atoms with van der Waals surface area (Å²) in [4.78, 5) is 14.3. The number of anilines is 1. The van der Waals surface area contributed by atoms with Crippen molar-refractivity contribution < 1.29 is 17.9 Å². The first-order valence-electron chi connectivity index (χ1n) is 7.95. The molecule has 0 radical (unpaired) electrons. The molecule has 1 unspecified atom stereocenters. The van der Waals surface area contributed by atoms with Crippen LogP contribution in [0.3, 0.4) is 0 Å². The van der Waals surface area contributed by atoms with Crippen LogP contribution in [0.15, 0.2) is 53.4 Å². The molecule has 0 aliphatic carbocycles. The molecule has 1 saturated heterocycles. The lowest BCUT2D eigenvalue weighted by Gasteiger charge is -2.17. The number of benzene rings is 2. The fourth-order valence-electron chi connectivity index (χ4n) is 2.79. The first-order chi connectivity index (χ1) is 11.9. The summed E-state index contributed by atoms with van der Waals surface area (Å²) in [6.07, 6.45) is 0.426. The minimum absolute atomic E-state index is 0.0773. The third-order valence-electron chi connectivity index (χ3n) is 4.20. The van der Waals surface area contributed by atoms with Crippen molar-refractivity contribution in [3.63, 3.8) is 0 Å². The molecule has 1 aliphatic rings. The highest BCUT2D eigenvalue weighted by Crippen LogP contribution is 2.24. The molecule has 132 valence electrons. The van der Waals surface area contributed by atoms with Crippen LogP contribution in [0.25, 0.3) is 0 Å². The fraction of sp³-hybridized carbons (Fsp3) is 0.278. The summed E-state index contributed by atoms with van der Waals surface area (Å²) in [6.45, 7) is 2.45. The van der Waals surface area contributed by atoms with Crippen molar-refractivity contribution in [3.8, 4) is 5.75 Å². The Morgan fingerprint density at radius 1 is 1.16 bits per heavy atom. The number of carbonyl (C=O) groups excluding carboxylic acids is 1. The molecular weight excluding hydrogens is 340 g/mol. The van der Waals surface area contributed by atoms with E-state index in [2.05, 4.69) is 4.72 Å². The first-order valence-corrected chi connectivity index (χ1v) is 9.43. The van der Waals surface area contributed by atoms with E-state index in [1.165, 1.54) is 19.2 Å². The Morgan fingerprint density at radius 2 is 1.88 bits per heavy atom. The average Bonchev–Trinajstić information content (AvgIpc) is 2.96. The fourth-order valence-corrected chi connectivity index (χ4v) is 4.05. The topological polar surface area (TPSA) is 75.7 Å². The maximum Gasteiger partial charge on any atom is 0.245 e. The summed E-state index contributed by atoms with van der Waals surface area (Å²) in [6, 6.07) is 13.0. The molecule has 25 heavy (non-hydrogen) atoms. The Hall–Kier alpha value is -2.38. The number of nitrogens with zero attached hydrogens (tertiary/aromatic N) is 1. The molecule has 1 fully saturated rings. The number of carbonyl (C=O) groups is 1. The molecule has 0 aromatic heterocycles. The van der Waals surface area contributed by atoms with E-state index in [4.69, 9.17) is 4.74 Å². The summed E-state index contributed by atoms with van der Waals surface area (Å²) in [5.74, 6) is 0.206. The van der Waals surface area contributed by atoms with E-state index < -0.39 is 16.1 Å². The molecule has 1 atom stereocenters. The van der Waals surface area contributed by atoms with Crippen molar-refractivity contribution in [2.24, 2.45) is 0 Å². The lowest BCUT2D eigenvalue weighted by atomic mass is 10.2. The van der Waals surface area contributed by atoms with Gasteiger partial charge in [-0.15, -0.1) is 0 Å². The zero-order chi connectivity index (χ0) is 18.0. The molecule has 2 aromatic rings. The Bertz CT molecular complexity index is 878. The minimum atomic E-state index is -3.80. The van der Waals surface area contributed by atoms with E-state index >= 15 is 0 Å². The molecule has 3 rings (SSSR count). The number of ether oxygens (including phenoxy) is 1. The summed E-state index contributed by atoms with van der Waals surface area (Å²) < 4.78 is 32.7. The number of hydrogen-bond donors (Lipinski definition) is 1. The quantitative estimate of drug-likeness (QED) is 0.886. The number of sulfonamides is 1. The van der Waals surface area contributed by atoms with Crippen LogP contribution in [0.2, 0.25) is 0 Å². The summed E-state index contributed by atoms with van der Waals surface area (Å²) in [5, 5.41) is 0. The van der Waals surface area contributed by atoms with Gasteiger partial charge in [-0.2, -0.15) is 4.72 Å². The van der Waals surface area contributed by atoms with Crippen molar-refractivity contribution in [1.29, 1.82) is 0 Å². The van der Waals surface area contributed by atoms with Gasteiger partial charge in [0.2, 0.25) is 15.9 Å². The summed E-state index contributed by atoms with van der Waals surface area (Å²) >= 11 is 0. The standard InChI is InChI=1S/C18H20N2O4S/c1-13-6-8-14(9-7-13)20-11-10-17(18(20)21)19-25(22,23)16-5-3-4-15(12-16)24-2/h3-9,12,17,19H,10-11H2,1-2H3. The zero-order valence-corrected chi connectivity index (χ0v) is 14.9. The molecule has 6 nitrogen and oxygen atoms in total. The number of rotatable bonds is 5. The predicted molar refractivity (Wildman–Crippen MR) is 95.3 cm³/mol. The van der Waals surface area contributed by atoms with E-state index in [-0.39, 0.29) is 10.8 Å². The molecule has 1 N–H and O–H groups in total. The van der Waals surface area contributed by atoms with Crippen LogP contribution in [0, 0.1) is 6.92 Å². The third kappa shape index (κ3) is 3.67. The summed E-state index contributed by atoms with van der Waals surface area (Å²) in [7, 11) is -2.33. The van der Waals surface area contributed by atoms with E-state index in [0.717, 1.165) is 11.3 Å². The van der Waals surface area contributed by atoms with Crippen LogP contribution >= 0.6 is 0 Å². The number of nitrogens with one attached hydrogen (secondary N) is 1. The third-order valence-corrected chi connectivity index (χ3v) is 5.67. The van der Waals surface area contributed by atoms with Crippen LogP contribution in [0.4, 0.5) is 5.69 Å². The van der Waals surface area contributed by atoms with E-state index in [9.17, 15) is 13.2 Å². The van der Waals surface area contributed by atoms with Crippen molar-refractivity contribution in [2.45, 2.75) is 24.3 Å². The van der Waals surface area contributed by atoms with E-state index in [0.29, 0.717) is 18.7 Å². The summed E-state index contributed by atoms with van der Waals surface area (Å²) in [5.41, 5.74) is 1.88. The maximum absolute atomic E-state index is 12.6. The van der Waals surface area contributed by atoms with Gasteiger partial charge in [-0.25, -0.2) is 8.42 Å². The highest BCUT2D eigenvalue weighted by Gasteiger charge is 2.35. The number of hydrogen-bond acceptors (Lipinski definition) is 4. The Labute approximate surface area is 147 Å². The predicted octanol–water partition coefficient (Wildman–Crippen LogP) is 2.09. The van der Waals surface area contributed by atoms with Gasteiger partial charge >= 0.3 is 0 Å². The highest BCUT2D eigenvalue weighted by molar-refractivity contribution is 7.89. The molecule has 2 aromatic carbocycles.